The molecule has 0 radical (unpaired) electrons. The third kappa shape index (κ3) is 5.26. The van der Waals surface area contributed by atoms with Crippen molar-refractivity contribution in [2.75, 3.05) is 20.3 Å². The molecule has 5 nitrogen and oxygen atoms in total. The highest BCUT2D eigenvalue weighted by Gasteiger charge is 2.29. The average Bonchev–Trinajstić information content (AvgIpc) is 2.74. The van der Waals surface area contributed by atoms with Crippen LogP contribution < -0.4 is 9.47 Å². The number of methoxy groups -OCH3 is 1. The van der Waals surface area contributed by atoms with Gasteiger partial charge in [0.15, 0.2) is 11.5 Å². The first kappa shape index (κ1) is 20.2. The van der Waals surface area contributed by atoms with Crippen LogP contribution in [0.4, 0.5) is 0 Å². The van der Waals surface area contributed by atoms with Crippen LogP contribution in [0.5, 0.6) is 11.5 Å². The topological polar surface area (TPSA) is 48.0 Å². The molecule has 0 bridgehead atoms. The molecule has 1 aliphatic rings. The Bertz CT molecular complexity index is 762. The van der Waals surface area contributed by atoms with Gasteiger partial charge in [0.25, 0.3) is 0 Å². The number of carbonyl (C=O) groups excluding carboxylic acids is 1. The van der Waals surface area contributed by atoms with E-state index in [1.54, 1.807) is 7.11 Å². The van der Waals surface area contributed by atoms with Crippen molar-refractivity contribution in [1.29, 1.82) is 0 Å². The number of likely N-dealkylation sites (tertiary alicyclic amines) is 1. The van der Waals surface area contributed by atoms with Gasteiger partial charge in [0, 0.05) is 6.54 Å². The molecule has 1 atom stereocenters. The van der Waals surface area contributed by atoms with E-state index in [0.29, 0.717) is 25.5 Å². The van der Waals surface area contributed by atoms with Crippen LogP contribution in [0.2, 0.25) is 0 Å². The fraction of sp³-hybridized carbons (Fsp3) is 0.435. The van der Waals surface area contributed by atoms with Gasteiger partial charge in [-0.2, -0.15) is 0 Å². The van der Waals surface area contributed by atoms with Gasteiger partial charge in [0.1, 0.15) is 12.6 Å². The van der Waals surface area contributed by atoms with Crippen molar-refractivity contribution in [1.82, 2.24) is 4.90 Å². The van der Waals surface area contributed by atoms with Gasteiger partial charge in [0.2, 0.25) is 0 Å². The molecule has 2 aromatic rings. The molecule has 0 aliphatic carbocycles. The minimum Gasteiger partial charge on any atom is -0.493 e. The normalized spacial score (nSPS) is 17.1. The lowest BCUT2D eigenvalue weighted by atomic mass is 10.0. The zero-order valence-electron chi connectivity index (χ0n) is 16.7. The molecule has 1 heterocycles. The number of esters is 1. The number of piperidine rings is 1. The summed E-state index contributed by atoms with van der Waals surface area (Å²) in [6, 6.07) is 15.9. The van der Waals surface area contributed by atoms with Gasteiger partial charge in [-0.3, -0.25) is 9.69 Å². The summed E-state index contributed by atoms with van der Waals surface area (Å²) in [5, 5.41) is 0. The Kier molecular flexibility index (Phi) is 7.31. The fourth-order valence-corrected chi connectivity index (χ4v) is 3.59. The van der Waals surface area contributed by atoms with E-state index in [1.807, 2.05) is 55.5 Å². The van der Waals surface area contributed by atoms with Gasteiger partial charge in [-0.25, -0.2) is 0 Å². The van der Waals surface area contributed by atoms with Crippen LogP contribution in [0.15, 0.2) is 48.5 Å². The molecule has 1 saturated heterocycles. The molecule has 2 aromatic carbocycles. The van der Waals surface area contributed by atoms with Gasteiger partial charge in [-0.05, 0) is 49.6 Å². The molecular weight excluding hydrogens is 354 g/mol. The number of benzene rings is 2. The molecule has 150 valence electrons. The first-order valence-corrected chi connectivity index (χ1v) is 9.95. The summed E-state index contributed by atoms with van der Waals surface area (Å²) >= 11 is 0. The molecule has 3 rings (SSSR count). The lowest BCUT2D eigenvalue weighted by molar-refractivity contribution is -0.151. The van der Waals surface area contributed by atoms with E-state index < -0.39 is 0 Å². The maximum Gasteiger partial charge on any atom is 0.323 e. The van der Waals surface area contributed by atoms with Crippen molar-refractivity contribution < 1.29 is 19.0 Å². The van der Waals surface area contributed by atoms with Gasteiger partial charge >= 0.3 is 5.97 Å². The standard InChI is InChI=1S/C23H29NO4/c1-3-27-23(25)20-11-7-8-14-24(20)16-19-12-13-21(22(15-19)26-2)28-17-18-9-5-4-6-10-18/h4-6,9-10,12-13,15,20H,3,7-8,11,14,16-17H2,1-2H3/t20-/m0/s1. The Morgan fingerprint density at radius 3 is 2.64 bits per heavy atom. The molecule has 1 fully saturated rings. The van der Waals surface area contributed by atoms with Crippen LogP contribution in [0, 0.1) is 0 Å². The highest BCUT2D eigenvalue weighted by molar-refractivity contribution is 5.75. The lowest BCUT2D eigenvalue weighted by Gasteiger charge is -2.34. The Balaban J connectivity index is 1.67. The van der Waals surface area contributed by atoms with E-state index in [-0.39, 0.29) is 12.0 Å². The summed E-state index contributed by atoms with van der Waals surface area (Å²) in [6.45, 7) is 4.36. The third-order valence-electron chi connectivity index (χ3n) is 5.02. The number of rotatable bonds is 8. The number of ether oxygens (including phenoxy) is 3. The minimum atomic E-state index is -0.159. The summed E-state index contributed by atoms with van der Waals surface area (Å²) in [7, 11) is 1.65. The van der Waals surface area contributed by atoms with Gasteiger partial charge in [-0.15, -0.1) is 0 Å². The summed E-state index contributed by atoms with van der Waals surface area (Å²) in [5.41, 5.74) is 2.21. The highest BCUT2D eigenvalue weighted by atomic mass is 16.5. The summed E-state index contributed by atoms with van der Waals surface area (Å²) < 4.78 is 16.7. The van der Waals surface area contributed by atoms with Crippen LogP contribution in [0.25, 0.3) is 0 Å². The van der Waals surface area contributed by atoms with Gasteiger partial charge in [0.05, 0.1) is 13.7 Å². The number of nitrogens with zero attached hydrogens (tertiary/aromatic N) is 1. The summed E-state index contributed by atoms with van der Waals surface area (Å²) in [6.07, 6.45) is 3.02. The van der Waals surface area contributed by atoms with E-state index in [0.717, 1.165) is 42.7 Å². The number of carbonyl (C=O) groups is 1. The largest absolute Gasteiger partial charge is 0.493 e. The molecule has 0 unspecified atom stereocenters. The molecule has 1 aliphatic heterocycles. The maximum atomic E-state index is 12.3. The second kappa shape index (κ2) is 10.1. The predicted octanol–water partition coefficient (Wildman–Crippen LogP) is 4.19. The zero-order valence-corrected chi connectivity index (χ0v) is 16.7. The monoisotopic (exact) mass is 383 g/mol. The van der Waals surface area contributed by atoms with Gasteiger partial charge in [-0.1, -0.05) is 42.8 Å². The number of hydrogen-bond acceptors (Lipinski definition) is 5. The first-order chi connectivity index (χ1) is 13.7. The zero-order chi connectivity index (χ0) is 19.8. The SMILES string of the molecule is CCOC(=O)[C@@H]1CCCCN1Cc1ccc(OCc2ccccc2)c(OC)c1. The Morgan fingerprint density at radius 2 is 1.89 bits per heavy atom. The van der Waals surface area contributed by atoms with E-state index in [2.05, 4.69) is 4.90 Å². The van der Waals surface area contributed by atoms with Crippen LogP contribution in [0.1, 0.15) is 37.3 Å². The van der Waals surface area contributed by atoms with Crippen molar-refractivity contribution in [3.8, 4) is 11.5 Å². The lowest BCUT2D eigenvalue weighted by Crippen LogP contribution is -2.44. The Labute approximate surface area is 167 Å². The average molecular weight is 383 g/mol. The van der Waals surface area contributed by atoms with Crippen LogP contribution in [-0.2, 0) is 22.7 Å². The fourth-order valence-electron chi connectivity index (χ4n) is 3.59. The molecule has 0 N–H and O–H groups in total. The quantitative estimate of drug-likeness (QED) is 0.640. The third-order valence-corrected chi connectivity index (χ3v) is 5.02. The molecule has 5 heteroatoms. The van der Waals surface area contributed by atoms with Crippen LogP contribution in [-0.4, -0.2) is 37.2 Å². The van der Waals surface area contributed by atoms with E-state index in [9.17, 15) is 4.79 Å². The molecule has 0 saturated carbocycles. The van der Waals surface area contributed by atoms with Crippen molar-refractivity contribution in [3.63, 3.8) is 0 Å². The predicted molar refractivity (Wildman–Crippen MR) is 108 cm³/mol. The van der Waals surface area contributed by atoms with Crippen molar-refractivity contribution in [2.24, 2.45) is 0 Å². The second-order valence-corrected chi connectivity index (χ2v) is 6.99. The van der Waals surface area contributed by atoms with E-state index in [4.69, 9.17) is 14.2 Å². The van der Waals surface area contributed by atoms with Crippen molar-refractivity contribution in [2.45, 2.75) is 45.4 Å². The first-order valence-electron chi connectivity index (χ1n) is 9.95. The van der Waals surface area contributed by atoms with E-state index >= 15 is 0 Å². The van der Waals surface area contributed by atoms with Crippen molar-refractivity contribution in [3.05, 3.63) is 59.7 Å². The van der Waals surface area contributed by atoms with Crippen molar-refractivity contribution >= 4 is 5.97 Å². The molecule has 28 heavy (non-hydrogen) atoms. The second-order valence-electron chi connectivity index (χ2n) is 6.99. The molecule has 0 aromatic heterocycles. The molecule has 0 spiro atoms. The smallest absolute Gasteiger partial charge is 0.323 e. The highest BCUT2D eigenvalue weighted by Crippen LogP contribution is 2.30. The van der Waals surface area contributed by atoms with E-state index in [1.165, 1.54) is 0 Å². The van der Waals surface area contributed by atoms with Crippen LogP contribution >= 0.6 is 0 Å². The Morgan fingerprint density at radius 1 is 1.07 bits per heavy atom. The summed E-state index contributed by atoms with van der Waals surface area (Å²) in [4.78, 5) is 14.5. The van der Waals surface area contributed by atoms with Gasteiger partial charge < -0.3 is 14.2 Å². The maximum absolute atomic E-state index is 12.3. The number of hydrogen-bond donors (Lipinski definition) is 0. The molecule has 0 amide bonds. The molecular formula is C23H29NO4. The summed E-state index contributed by atoms with van der Waals surface area (Å²) in [5.74, 6) is 1.31. The Hall–Kier alpha value is -2.53. The van der Waals surface area contributed by atoms with Crippen LogP contribution in [0.3, 0.4) is 0 Å². The minimum absolute atomic E-state index is 0.114.